The number of aliphatic hydroxyl groups excluding tert-OH is 3. The first-order valence-electron chi connectivity index (χ1n) is 9.48. The number of rotatable bonds is 16. The van der Waals surface area contributed by atoms with Gasteiger partial charge in [-0.05, 0) is 12.8 Å². The van der Waals surface area contributed by atoms with Crippen molar-refractivity contribution in [2.24, 2.45) is 0 Å². The third kappa shape index (κ3) is 23.6. The molecule has 0 heterocycles. The third-order valence-corrected chi connectivity index (χ3v) is 3.88. The van der Waals surface area contributed by atoms with Gasteiger partial charge in [0.15, 0.2) is 0 Å². The Balaban J connectivity index is 0. The number of carbonyl (C=O) groups is 1. The van der Waals surface area contributed by atoms with Crippen molar-refractivity contribution < 1.29 is 30.1 Å². The zero-order valence-corrected chi connectivity index (χ0v) is 15.5. The fourth-order valence-corrected chi connectivity index (χ4v) is 2.43. The van der Waals surface area contributed by atoms with Crippen LogP contribution in [0.15, 0.2) is 0 Å². The molecule has 6 heteroatoms. The average Bonchev–Trinajstić information content (AvgIpc) is 2.54. The molecule has 0 atom stereocenters. The summed E-state index contributed by atoms with van der Waals surface area (Å²) in [6, 6.07) is 0. The first-order valence-corrected chi connectivity index (χ1v) is 9.48. The molecule has 0 aromatic heterocycles. The molecule has 0 fully saturated rings. The van der Waals surface area contributed by atoms with Crippen molar-refractivity contribution in [1.29, 1.82) is 0 Å². The predicted molar refractivity (Wildman–Crippen MR) is 93.7 cm³/mol. The molecular weight excluding hydrogens is 310 g/mol. The SMILES string of the molecule is CCCCCCCCCCCC(=O)[O-].OCC[NH+](CCO)CCO. The topological polar surface area (TPSA) is 105 Å². The Bertz CT molecular complexity index is 237. The van der Waals surface area contributed by atoms with Crippen LogP contribution in [0.3, 0.4) is 0 Å². The van der Waals surface area contributed by atoms with E-state index in [1.54, 1.807) is 0 Å². The Morgan fingerprint density at radius 3 is 1.46 bits per heavy atom. The van der Waals surface area contributed by atoms with Gasteiger partial charge in [0, 0.05) is 5.97 Å². The van der Waals surface area contributed by atoms with Crippen LogP contribution in [0.5, 0.6) is 0 Å². The number of aliphatic carboxylic acids is 1. The zero-order valence-electron chi connectivity index (χ0n) is 15.5. The molecule has 0 aliphatic heterocycles. The molecule has 0 amide bonds. The second-order valence-corrected chi connectivity index (χ2v) is 6.12. The minimum absolute atomic E-state index is 0.106. The summed E-state index contributed by atoms with van der Waals surface area (Å²) in [6.07, 6.45) is 11.2. The molecular formula is C18H39NO5. The van der Waals surface area contributed by atoms with Crippen LogP contribution in [0.4, 0.5) is 0 Å². The Morgan fingerprint density at radius 1 is 0.750 bits per heavy atom. The number of carboxylic acid groups (broad SMARTS) is 1. The molecule has 4 N–H and O–H groups in total. The van der Waals surface area contributed by atoms with Gasteiger partial charge in [0.1, 0.15) is 19.6 Å². The van der Waals surface area contributed by atoms with Crippen molar-refractivity contribution in [3.05, 3.63) is 0 Å². The fraction of sp³-hybridized carbons (Fsp3) is 0.944. The summed E-state index contributed by atoms with van der Waals surface area (Å²) in [5, 5.41) is 35.6. The van der Waals surface area contributed by atoms with E-state index in [0.29, 0.717) is 19.6 Å². The Kier molecular flexibility index (Phi) is 23.7. The minimum atomic E-state index is -0.909. The van der Waals surface area contributed by atoms with Gasteiger partial charge in [0.25, 0.3) is 0 Å². The van der Waals surface area contributed by atoms with Crippen molar-refractivity contribution in [2.75, 3.05) is 39.5 Å². The van der Waals surface area contributed by atoms with Crippen molar-refractivity contribution in [1.82, 2.24) is 0 Å². The van der Waals surface area contributed by atoms with E-state index in [9.17, 15) is 9.90 Å². The van der Waals surface area contributed by atoms with Crippen LogP contribution in [-0.2, 0) is 4.79 Å². The van der Waals surface area contributed by atoms with E-state index in [4.69, 9.17) is 15.3 Å². The highest BCUT2D eigenvalue weighted by atomic mass is 16.4. The number of nitrogens with one attached hydrogen (secondary N) is 1. The lowest BCUT2D eigenvalue weighted by molar-refractivity contribution is -0.901. The van der Waals surface area contributed by atoms with E-state index in [0.717, 1.165) is 17.7 Å². The number of aliphatic hydroxyl groups is 3. The molecule has 0 unspecified atom stereocenters. The van der Waals surface area contributed by atoms with Crippen LogP contribution in [0.25, 0.3) is 0 Å². The molecule has 146 valence electrons. The van der Waals surface area contributed by atoms with Gasteiger partial charge in [-0.15, -0.1) is 0 Å². The lowest BCUT2D eigenvalue weighted by Gasteiger charge is -2.15. The summed E-state index contributed by atoms with van der Waals surface area (Å²) in [7, 11) is 0. The number of unbranched alkanes of at least 4 members (excludes halogenated alkanes) is 8. The fourth-order valence-electron chi connectivity index (χ4n) is 2.43. The van der Waals surface area contributed by atoms with Crippen molar-refractivity contribution in [3.8, 4) is 0 Å². The highest BCUT2D eigenvalue weighted by molar-refractivity contribution is 5.63. The van der Waals surface area contributed by atoms with Gasteiger partial charge < -0.3 is 30.1 Å². The molecule has 0 radical (unpaired) electrons. The Hall–Kier alpha value is -0.690. The van der Waals surface area contributed by atoms with E-state index in [1.165, 1.54) is 44.9 Å². The van der Waals surface area contributed by atoms with Crippen LogP contribution in [0.1, 0.15) is 71.1 Å². The van der Waals surface area contributed by atoms with E-state index < -0.39 is 5.97 Å². The summed E-state index contributed by atoms with van der Waals surface area (Å²) < 4.78 is 0. The number of hydrogen-bond donors (Lipinski definition) is 4. The minimum Gasteiger partial charge on any atom is -0.550 e. The number of carboxylic acids is 1. The second kappa shape index (κ2) is 22.3. The molecule has 0 aliphatic rings. The summed E-state index contributed by atoms with van der Waals surface area (Å²) in [5.41, 5.74) is 0. The van der Waals surface area contributed by atoms with Crippen LogP contribution >= 0.6 is 0 Å². The van der Waals surface area contributed by atoms with Gasteiger partial charge in [0.2, 0.25) is 0 Å². The average molecular weight is 350 g/mol. The van der Waals surface area contributed by atoms with Crippen molar-refractivity contribution in [2.45, 2.75) is 71.1 Å². The van der Waals surface area contributed by atoms with E-state index in [2.05, 4.69) is 6.92 Å². The molecule has 0 spiro atoms. The lowest BCUT2D eigenvalue weighted by atomic mass is 10.1. The smallest absolute Gasteiger partial charge is 0.101 e. The standard InChI is InChI=1S/C12H24O2.C6H15NO3/c1-2-3-4-5-6-7-8-9-10-11-12(13)14;8-4-1-7(2-5-9)3-6-10/h2-11H2,1H3,(H,13,14);8-10H,1-6H2. The molecule has 0 saturated carbocycles. The highest BCUT2D eigenvalue weighted by Crippen LogP contribution is 2.10. The summed E-state index contributed by atoms with van der Waals surface area (Å²) >= 11 is 0. The van der Waals surface area contributed by atoms with E-state index in [1.807, 2.05) is 0 Å². The second-order valence-electron chi connectivity index (χ2n) is 6.12. The Labute approximate surface area is 147 Å². The van der Waals surface area contributed by atoms with Gasteiger partial charge in [-0.2, -0.15) is 0 Å². The molecule has 6 nitrogen and oxygen atoms in total. The maximum absolute atomic E-state index is 10.1. The highest BCUT2D eigenvalue weighted by Gasteiger charge is 2.03. The number of hydrogen-bond acceptors (Lipinski definition) is 5. The molecule has 0 aromatic carbocycles. The largest absolute Gasteiger partial charge is 0.550 e. The third-order valence-electron chi connectivity index (χ3n) is 3.88. The molecule has 0 bridgehead atoms. The Morgan fingerprint density at radius 2 is 1.12 bits per heavy atom. The van der Waals surface area contributed by atoms with Crippen molar-refractivity contribution >= 4 is 5.97 Å². The zero-order chi connectivity index (χ0) is 18.5. The monoisotopic (exact) mass is 349 g/mol. The molecule has 0 aliphatic carbocycles. The van der Waals surface area contributed by atoms with Gasteiger partial charge in [-0.3, -0.25) is 0 Å². The van der Waals surface area contributed by atoms with Gasteiger partial charge in [-0.25, -0.2) is 0 Å². The first-order chi connectivity index (χ1) is 11.6. The summed E-state index contributed by atoms with van der Waals surface area (Å²) in [5.74, 6) is -0.909. The maximum Gasteiger partial charge on any atom is 0.101 e. The van der Waals surface area contributed by atoms with Crippen LogP contribution in [-0.4, -0.2) is 60.7 Å². The summed E-state index contributed by atoms with van der Waals surface area (Å²) in [6.45, 7) is 4.34. The number of carbonyl (C=O) groups excluding carboxylic acids is 1. The van der Waals surface area contributed by atoms with Crippen molar-refractivity contribution in [3.63, 3.8) is 0 Å². The van der Waals surface area contributed by atoms with Crippen LogP contribution < -0.4 is 10.0 Å². The summed E-state index contributed by atoms with van der Waals surface area (Å²) in [4.78, 5) is 11.1. The van der Waals surface area contributed by atoms with Gasteiger partial charge >= 0.3 is 0 Å². The first kappa shape index (κ1) is 25.5. The van der Waals surface area contributed by atoms with Crippen LogP contribution in [0.2, 0.25) is 0 Å². The van der Waals surface area contributed by atoms with Gasteiger partial charge in [-0.1, -0.05) is 58.3 Å². The van der Waals surface area contributed by atoms with E-state index in [-0.39, 0.29) is 26.2 Å². The quantitative estimate of drug-likeness (QED) is 0.281. The number of quaternary nitrogens is 1. The molecule has 0 aromatic rings. The normalized spacial score (nSPS) is 10.5. The maximum atomic E-state index is 10.1. The predicted octanol–water partition coefficient (Wildman–Crippen LogP) is -0.495. The molecule has 0 saturated heterocycles. The molecule has 24 heavy (non-hydrogen) atoms. The lowest BCUT2D eigenvalue weighted by Crippen LogP contribution is -3.13. The van der Waals surface area contributed by atoms with Gasteiger partial charge in [0.05, 0.1) is 19.8 Å². The van der Waals surface area contributed by atoms with Crippen LogP contribution in [0, 0.1) is 0 Å². The molecule has 0 rings (SSSR count). The van der Waals surface area contributed by atoms with E-state index >= 15 is 0 Å².